The van der Waals surface area contributed by atoms with Gasteiger partial charge in [0.05, 0.1) is 0 Å². The second kappa shape index (κ2) is 9.74. The summed E-state index contributed by atoms with van der Waals surface area (Å²) >= 11 is 0. The first-order valence-electron chi connectivity index (χ1n) is 12.8. The van der Waals surface area contributed by atoms with E-state index >= 15 is 0 Å². The van der Waals surface area contributed by atoms with Crippen LogP contribution in [0.4, 0.5) is 0 Å². The number of aliphatic hydroxyl groups excluding tert-OH is 1. The van der Waals surface area contributed by atoms with Crippen LogP contribution < -0.4 is 5.43 Å². The smallest absolute Gasteiger partial charge is 0.238 e. The van der Waals surface area contributed by atoms with E-state index in [1.165, 1.54) is 30.4 Å². The number of carbonyl (C=O) groups excluding carboxylic acids is 1. The molecule has 0 spiro atoms. The van der Waals surface area contributed by atoms with E-state index in [9.17, 15) is 55.5 Å². The van der Waals surface area contributed by atoms with Crippen molar-refractivity contribution in [3.8, 4) is 51.6 Å². The summed E-state index contributed by atoms with van der Waals surface area (Å²) in [7, 11) is 0. The fourth-order valence-corrected chi connectivity index (χ4v) is 5.40. The van der Waals surface area contributed by atoms with E-state index in [-0.39, 0.29) is 64.1 Å². The molecule has 0 radical (unpaired) electrons. The highest BCUT2D eigenvalue weighted by atomic mass is 16.5. The van der Waals surface area contributed by atoms with Crippen molar-refractivity contribution in [2.45, 2.75) is 12.0 Å². The summed E-state index contributed by atoms with van der Waals surface area (Å²) in [5.74, 6) is -4.30. The molecular weight excluding hydrogens is 580 g/mol. The third-order valence-electron chi connectivity index (χ3n) is 7.41. The Kier molecular flexibility index (Phi) is 6.21. The van der Waals surface area contributed by atoms with Gasteiger partial charge in [-0.2, -0.15) is 0 Å². The summed E-state index contributed by atoms with van der Waals surface area (Å²) < 4.78 is 10.8. The highest BCUT2D eigenvalue weighted by Gasteiger charge is 2.48. The first kappa shape index (κ1) is 28.1. The lowest BCUT2D eigenvalue weighted by molar-refractivity contribution is -0.114. The first-order valence-corrected chi connectivity index (χ1v) is 12.8. The van der Waals surface area contributed by atoms with Crippen LogP contribution in [0.5, 0.6) is 40.2 Å². The number of hydrogen-bond acceptors (Lipinski definition) is 13. The summed E-state index contributed by atoms with van der Waals surface area (Å²) in [6, 6.07) is 8.41. The number of aliphatic hydroxyl groups is 2. The Hall–Kier alpha value is -6.08. The molecule has 44 heavy (non-hydrogen) atoms. The van der Waals surface area contributed by atoms with E-state index in [2.05, 4.69) is 0 Å². The van der Waals surface area contributed by atoms with Gasteiger partial charge in [-0.15, -0.1) is 0 Å². The van der Waals surface area contributed by atoms with Crippen LogP contribution in [0.25, 0.3) is 27.9 Å². The van der Waals surface area contributed by atoms with Crippen LogP contribution in [-0.2, 0) is 16.0 Å². The predicted molar refractivity (Wildman–Crippen MR) is 151 cm³/mol. The van der Waals surface area contributed by atoms with Gasteiger partial charge in [-0.25, -0.2) is 0 Å². The molecule has 3 aliphatic rings. The van der Waals surface area contributed by atoms with Gasteiger partial charge >= 0.3 is 0 Å². The van der Waals surface area contributed by atoms with Gasteiger partial charge < -0.3 is 55.1 Å². The third-order valence-corrected chi connectivity index (χ3v) is 7.41. The lowest BCUT2D eigenvalue weighted by Gasteiger charge is -2.33. The zero-order chi connectivity index (χ0) is 31.7. The molecule has 0 bridgehead atoms. The molecule has 2 heterocycles. The average Bonchev–Trinajstić information content (AvgIpc) is 3.25. The Labute approximate surface area is 245 Å². The molecule has 7 rings (SSSR count). The summed E-state index contributed by atoms with van der Waals surface area (Å²) in [6.07, 6.45) is 2.90. The van der Waals surface area contributed by atoms with Gasteiger partial charge in [-0.05, 0) is 53.6 Å². The molecule has 4 aromatic rings. The summed E-state index contributed by atoms with van der Waals surface area (Å²) in [5.41, 5.74) is -0.0925. The van der Waals surface area contributed by atoms with Gasteiger partial charge in [-0.1, -0.05) is 0 Å². The first-order chi connectivity index (χ1) is 20.8. The number of allylic oxidation sites excluding steroid dienone is 2. The maximum Gasteiger partial charge on any atom is 0.238 e. The second-order valence-corrected chi connectivity index (χ2v) is 10.3. The van der Waals surface area contributed by atoms with Gasteiger partial charge in [0.25, 0.3) is 0 Å². The summed E-state index contributed by atoms with van der Waals surface area (Å²) in [6.45, 7) is -0.122. The van der Waals surface area contributed by atoms with Crippen LogP contribution >= 0.6 is 0 Å². The normalized spacial score (nSPS) is 18.3. The lowest BCUT2D eigenvalue weighted by atomic mass is 9.85. The van der Waals surface area contributed by atoms with Crippen molar-refractivity contribution in [3.63, 3.8) is 0 Å². The molecule has 13 nitrogen and oxygen atoms in total. The van der Waals surface area contributed by atoms with Crippen LogP contribution in [0.15, 0.2) is 80.9 Å². The number of ketones is 1. The number of benzene rings is 3. The molecule has 1 aromatic heterocycles. The summed E-state index contributed by atoms with van der Waals surface area (Å²) in [4.78, 5) is 23.7. The minimum Gasteiger partial charge on any atom is -0.508 e. The van der Waals surface area contributed by atoms with Gasteiger partial charge in [-0.3, -0.25) is 9.59 Å². The van der Waals surface area contributed by atoms with Crippen LogP contribution in [0.3, 0.4) is 0 Å². The van der Waals surface area contributed by atoms with Crippen molar-refractivity contribution in [1.82, 2.24) is 0 Å². The predicted octanol–water partition coefficient (Wildman–Crippen LogP) is 3.07. The molecule has 3 aromatic carbocycles. The maximum absolute atomic E-state index is 12.1. The van der Waals surface area contributed by atoms with Crippen molar-refractivity contribution in [2.24, 2.45) is 0 Å². The SMILES string of the molecule is O=C1C=CC2=C3c4cc(O)c(O)cc4CC3(O)COC2=C1O.O=c1c(O)c(-c2ccc(O)c(O)c2)oc2cc(O)cc(O)c12. The van der Waals surface area contributed by atoms with Crippen molar-refractivity contribution >= 4 is 22.3 Å². The van der Waals surface area contributed by atoms with Gasteiger partial charge in [0, 0.05) is 35.3 Å². The van der Waals surface area contributed by atoms with Gasteiger partial charge in [0.2, 0.25) is 22.7 Å². The number of fused-ring (bicyclic) bond motifs is 5. The highest BCUT2D eigenvalue weighted by molar-refractivity contribution is 6.06. The maximum atomic E-state index is 12.1. The van der Waals surface area contributed by atoms with Crippen molar-refractivity contribution in [2.75, 3.05) is 6.61 Å². The minimum atomic E-state index is -1.33. The second-order valence-electron chi connectivity index (χ2n) is 10.3. The molecule has 13 heteroatoms. The van der Waals surface area contributed by atoms with Gasteiger partial charge in [0.1, 0.15) is 34.7 Å². The standard InChI is InChI=1S/C16H12O6.C15H10O7/c17-10-2-1-8-13-9-4-12(19)11(18)3-7(9)5-16(13,21)6-22-15(8)14(10)20;16-7-4-10(19)12-11(5-7)22-15(14(21)13(12)20)6-1-2-8(17)9(18)3-6/h1-4,18-21H,5-6H2;1-5,16-19,21H. The Balaban J connectivity index is 0.000000156. The quantitative estimate of drug-likeness (QED) is 0.143. The van der Waals surface area contributed by atoms with Gasteiger partial charge in [0.15, 0.2) is 34.5 Å². The molecule has 1 unspecified atom stereocenters. The van der Waals surface area contributed by atoms with E-state index in [1.807, 2.05) is 0 Å². The third kappa shape index (κ3) is 4.30. The van der Waals surface area contributed by atoms with E-state index < -0.39 is 39.8 Å². The zero-order valence-corrected chi connectivity index (χ0v) is 22.3. The van der Waals surface area contributed by atoms with Crippen LogP contribution in [0, 0.1) is 0 Å². The van der Waals surface area contributed by atoms with E-state index in [4.69, 9.17) is 9.15 Å². The summed E-state index contributed by atoms with van der Waals surface area (Å²) in [5, 5.41) is 87.7. The molecular formula is C31H22O13. The molecule has 0 saturated heterocycles. The number of phenols is 6. The van der Waals surface area contributed by atoms with Crippen LogP contribution in [0.2, 0.25) is 0 Å². The molecule has 2 aliphatic carbocycles. The molecule has 0 amide bonds. The topological polar surface area (TPSA) is 239 Å². The fourth-order valence-electron chi connectivity index (χ4n) is 5.40. The number of phenolic OH excluding ortho intramolecular Hbond substituents is 6. The van der Waals surface area contributed by atoms with Crippen molar-refractivity contribution < 1.29 is 59.9 Å². The van der Waals surface area contributed by atoms with E-state index in [0.717, 1.165) is 24.3 Å². The van der Waals surface area contributed by atoms with Crippen molar-refractivity contribution in [3.05, 3.63) is 93.1 Å². The zero-order valence-electron chi connectivity index (χ0n) is 22.3. The lowest BCUT2D eigenvalue weighted by Crippen LogP contribution is -2.39. The number of rotatable bonds is 1. The van der Waals surface area contributed by atoms with Crippen LogP contribution in [0.1, 0.15) is 11.1 Å². The number of hydrogen-bond donors (Lipinski definition) is 9. The number of aromatic hydroxyl groups is 7. The molecule has 0 saturated carbocycles. The average molecular weight is 603 g/mol. The van der Waals surface area contributed by atoms with Crippen molar-refractivity contribution in [1.29, 1.82) is 0 Å². The van der Waals surface area contributed by atoms with E-state index in [0.29, 0.717) is 22.3 Å². The Morgan fingerprint density at radius 1 is 0.750 bits per heavy atom. The molecule has 224 valence electrons. The molecule has 9 N–H and O–H groups in total. The molecule has 0 fully saturated rings. The number of carbonyl (C=O) groups is 1. The Morgan fingerprint density at radius 3 is 2.18 bits per heavy atom. The highest BCUT2D eigenvalue weighted by Crippen LogP contribution is 2.50. The molecule has 1 atom stereocenters. The monoisotopic (exact) mass is 602 g/mol. The molecule has 1 aliphatic heterocycles. The largest absolute Gasteiger partial charge is 0.508 e. The Bertz CT molecular complexity index is 2080. The van der Waals surface area contributed by atoms with E-state index in [1.54, 1.807) is 0 Å². The van der Waals surface area contributed by atoms with Crippen LogP contribution in [-0.4, -0.2) is 63.9 Å². The fraction of sp³-hybridized carbons (Fsp3) is 0.0968. The number of ether oxygens (including phenoxy) is 1. The Morgan fingerprint density at radius 2 is 1.45 bits per heavy atom. The minimum absolute atomic E-state index is 0.0348.